The van der Waals surface area contributed by atoms with E-state index >= 15 is 0 Å². The van der Waals surface area contributed by atoms with Gasteiger partial charge in [-0.15, -0.1) is 0 Å². The number of nitrogens with zero attached hydrogens (tertiary/aromatic N) is 2. The first-order valence-electron chi connectivity index (χ1n) is 7.90. The second-order valence-electron chi connectivity index (χ2n) is 6.58. The molecule has 4 rings (SSSR count). The van der Waals surface area contributed by atoms with Crippen molar-refractivity contribution >= 4 is 26.8 Å². The third-order valence-electron chi connectivity index (χ3n) is 4.69. The zero-order valence-electron chi connectivity index (χ0n) is 12.9. The fourth-order valence-corrected chi connectivity index (χ4v) is 4.92. The number of benzene rings is 1. The molecule has 0 spiro atoms. The van der Waals surface area contributed by atoms with Crippen LogP contribution in [0.2, 0.25) is 0 Å². The number of aromatic nitrogens is 2. The van der Waals surface area contributed by atoms with Crippen molar-refractivity contribution in [3.05, 3.63) is 29.6 Å². The highest BCUT2D eigenvalue weighted by molar-refractivity contribution is 7.91. The third kappa shape index (κ3) is 2.73. The highest BCUT2D eigenvalue weighted by Crippen LogP contribution is 2.40. The quantitative estimate of drug-likeness (QED) is 0.920. The number of fused-ring (bicyclic) bond motifs is 1. The van der Waals surface area contributed by atoms with Gasteiger partial charge in [-0.3, -0.25) is 4.79 Å². The van der Waals surface area contributed by atoms with Gasteiger partial charge in [-0.2, -0.15) is 0 Å². The molecule has 1 saturated carbocycles. The van der Waals surface area contributed by atoms with Gasteiger partial charge >= 0.3 is 0 Å². The van der Waals surface area contributed by atoms with Gasteiger partial charge < -0.3 is 9.88 Å². The fourth-order valence-electron chi connectivity index (χ4n) is 3.24. The largest absolute Gasteiger partial charge is 0.348 e. The van der Waals surface area contributed by atoms with Crippen molar-refractivity contribution in [2.24, 2.45) is 7.05 Å². The van der Waals surface area contributed by atoms with Crippen LogP contribution < -0.4 is 5.32 Å². The van der Waals surface area contributed by atoms with Crippen LogP contribution in [0.3, 0.4) is 0 Å². The average molecular weight is 333 g/mol. The molecule has 1 saturated heterocycles. The van der Waals surface area contributed by atoms with Gasteiger partial charge in [0.15, 0.2) is 9.84 Å². The number of hydrogen-bond acceptors (Lipinski definition) is 4. The lowest BCUT2D eigenvalue weighted by Crippen LogP contribution is -2.35. The molecule has 2 aliphatic rings. The number of imidazole rings is 1. The summed E-state index contributed by atoms with van der Waals surface area (Å²) < 4.78 is 25.1. The summed E-state index contributed by atoms with van der Waals surface area (Å²) in [5.41, 5.74) is 2.37. The Balaban J connectivity index is 1.57. The number of hydrogen-bond donors (Lipinski definition) is 1. The van der Waals surface area contributed by atoms with E-state index < -0.39 is 9.84 Å². The van der Waals surface area contributed by atoms with Crippen LogP contribution in [0.5, 0.6) is 0 Å². The van der Waals surface area contributed by atoms with E-state index in [-0.39, 0.29) is 23.5 Å². The molecular formula is C16H19N3O3S. The molecule has 2 fully saturated rings. The lowest BCUT2D eigenvalue weighted by atomic mass is 10.1. The Morgan fingerprint density at radius 2 is 2.09 bits per heavy atom. The van der Waals surface area contributed by atoms with Gasteiger partial charge in [-0.05, 0) is 37.5 Å². The summed E-state index contributed by atoms with van der Waals surface area (Å²) in [7, 11) is -0.987. The number of sulfone groups is 1. The van der Waals surface area contributed by atoms with E-state index in [2.05, 4.69) is 14.9 Å². The normalized spacial score (nSPS) is 23.3. The summed E-state index contributed by atoms with van der Waals surface area (Å²) in [5, 5.41) is 2.82. The Labute approximate surface area is 134 Å². The molecule has 7 heteroatoms. The summed E-state index contributed by atoms with van der Waals surface area (Å²) in [4.78, 5) is 17.0. The number of rotatable bonds is 3. The first-order valence-corrected chi connectivity index (χ1v) is 9.73. The first-order chi connectivity index (χ1) is 10.9. The molecule has 0 radical (unpaired) electrons. The maximum Gasteiger partial charge on any atom is 0.251 e. The zero-order chi connectivity index (χ0) is 16.2. The van der Waals surface area contributed by atoms with Crippen LogP contribution in [0.15, 0.2) is 18.2 Å². The molecule has 1 aliphatic carbocycles. The van der Waals surface area contributed by atoms with Crippen molar-refractivity contribution in [2.75, 3.05) is 11.5 Å². The standard InChI is InChI=1S/C16H19N3O3S/c1-19-14-5-4-11(8-13(14)18-15(19)10-2-3-10)16(20)17-12-6-7-23(21,22)9-12/h4-5,8,10,12H,2-3,6-7,9H2,1H3,(H,17,20). The lowest BCUT2D eigenvalue weighted by molar-refractivity contribution is 0.0941. The van der Waals surface area contributed by atoms with Crippen molar-refractivity contribution in [2.45, 2.75) is 31.2 Å². The molecule has 2 heterocycles. The van der Waals surface area contributed by atoms with Crippen LogP contribution in [-0.2, 0) is 16.9 Å². The SMILES string of the molecule is Cn1c(C2CC2)nc2cc(C(=O)NC3CCS(=O)(=O)C3)ccc21. The van der Waals surface area contributed by atoms with E-state index in [9.17, 15) is 13.2 Å². The monoisotopic (exact) mass is 333 g/mol. The van der Waals surface area contributed by atoms with Crippen LogP contribution >= 0.6 is 0 Å². The van der Waals surface area contributed by atoms with Gasteiger partial charge in [0.05, 0.1) is 22.5 Å². The Bertz CT molecular complexity index is 897. The van der Waals surface area contributed by atoms with Gasteiger partial charge in [0.1, 0.15) is 5.82 Å². The summed E-state index contributed by atoms with van der Waals surface area (Å²) in [6.07, 6.45) is 2.85. The fraction of sp³-hybridized carbons (Fsp3) is 0.500. The maximum absolute atomic E-state index is 12.4. The molecule has 1 atom stereocenters. The lowest BCUT2D eigenvalue weighted by Gasteiger charge is -2.10. The summed E-state index contributed by atoms with van der Waals surface area (Å²) in [5.74, 6) is 1.60. The van der Waals surface area contributed by atoms with Gasteiger partial charge in [0.25, 0.3) is 5.91 Å². The topological polar surface area (TPSA) is 81.1 Å². The predicted octanol–water partition coefficient (Wildman–Crippen LogP) is 1.37. The molecule has 6 nitrogen and oxygen atoms in total. The van der Waals surface area contributed by atoms with Crippen molar-refractivity contribution in [3.63, 3.8) is 0 Å². The Morgan fingerprint density at radius 3 is 2.74 bits per heavy atom. The predicted molar refractivity (Wildman–Crippen MR) is 87.2 cm³/mol. The molecule has 1 aromatic carbocycles. The highest BCUT2D eigenvalue weighted by Gasteiger charge is 2.30. The van der Waals surface area contributed by atoms with E-state index in [0.717, 1.165) is 16.9 Å². The van der Waals surface area contributed by atoms with E-state index in [1.807, 2.05) is 13.1 Å². The molecule has 122 valence electrons. The van der Waals surface area contributed by atoms with Crippen molar-refractivity contribution in [3.8, 4) is 0 Å². The molecule has 1 amide bonds. The molecule has 23 heavy (non-hydrogen) atoms. The number of aryl methyl sites for hydroxylation is 1. The van der Waals surface area contributed by atoms with Gasteiger partial charge in [-0.1, -0.05) is 0 Å². The number of carbonyl (C=O) groups is 1. The molecule has 1 unspecified atom stereocenters. The Hall–Kier alpha value is -1.89. The van der Waals surface area contributed by atoms with Crippen molar-refractivity contribution in [1.82, 2.24) is 14.9 Å². The van der Waals surface area contributed by atoms with Crippen LogP contribution in [0.4, 0.5) is 0 Å². The molecular weight excluding hydrogens is 314 g/mol. The van der Waals surface area contributed by atoms with Gasteiger partial charge in [-0.25, -0.2) is 13.4 Å². The van der Waals surface area contributed by atoms with Gasteiger partial charge in [0.2, 0.25) is 0 Å². The molecule has 1 N–H and O–H groups in total. The number of nitrogens with one attached hydrogen (secondary N) is 1. The Morgan fingerprint density at radius 1 is 1.30 bits per heavy atom. The molecule has 1 aromatic heterocycles. The van der Waals surface area contributed by atoms with Crippen molar-refractivity contribution < 1.29 is 13.2 Å². The van der Waals surface area contributed by atoms with Crippen LogP contribution in [0, 0.1) is 0 Å². The highest BCUT2D eigenvalue weighted by atomic mass is 32.2. The van der Waals surface area contributed by atoms with Crippen LogP contribution in [-0.4, -0.2) is 41.4 Å². The summed E-state index contributed by atoms with van der Waals surface area (Å²) >= 11 is 0. The van der Waals surface area contributed by atoms with E-state index in [1.54, 1.807) is 12.1 Å². The second kappa shape index (κ2) is 5.06. The van der Waals surface area contributed by atoms with E-state index in [4.69, 9.17) is 0 Å². The maximum atomic E-state index is 12.4. The van der Waals surface area contributed by atoms with Crippen LogP contribution in [0.25, 0.3) is 11.0 Å². The average Bonchev–Trinajstić information content (AvgIpc) is 3.22. The molecule has 0 bridgehead atoms. The first kappa shape index (κ1) is 14.7. The zero-order valence-corrected chi connectivity index (χ0v) is 13.8. The number of carbonyl (C=O) groups excluding carboxylic acids is 1. The van der Waals surface area contributed by atoms with Gasteiger partial charge in [0, 0.05) is 24.6 Å². The minimum absolute atomic E-state index is 0.0381. The Kier molecular flexibility index (Phi) is 3.23. The third-order valence-corrected chi connectivity index (χ3v) is 6.46. The summed E-state index contributed by atoms with van der Waals surface area (Å²) in [6.45, 7) is 0. The van der Waals surface area contributed by atoms with Crippen molar-refractivity contribution in [1.29, 1.82) is 0 Å². The molecule has 1 aliphatic heterocycles. The minimum Gasteiger partial charge on any atom is -0.348 e. The van der Waals surface area contributed by atoms with Crippen LogP contribution in [0.1, 0.15) is 41.4 Å². The van der Waals surface area contributed by atoms with E-state index in [1.165, 1.54) is 12.8 Å². The van der Waals surface area contributed by atoms with E-state index in [0.29, 0.717) is 17.9 Å². The second-order valence-corrected chi connectivity index (χ2v) is 8.81. The smallest absolute Gasteiger partial charge is 0.251 e. The summed E-state index contributed by atoms with van der Waals surface area (Å²) in [6, 6.07) is 5.20. The minimum atomic E-state index is -2.99. The number of amides is 1. The molecule has 2 aromatic rings.